The van der Waals surface area contributed by atoms with Crippen LogP contribution in [0.15, 0.2) is 53.9 Å². The molecule has 1 aromatic heterocycles. The van der Waals surface area contributed by atoms with Crippen molar-refractivity contribution in [3.05, 3.63) is 54.4 Å². The number of carbonyl (C=O) groups is 1. The number of amides is 1. The van der Waals surface area contributed by atoms with Gasteiger partial charge in [0.2, 0.25) is 5.91 Å². The number of aromatic nitrogens is 2. The Balaban J connectivity index is 1.67. The molecule has 0 bridgehead atoms. The van der Waals surface area contributed by atoms with Crippen molar-refractivity contribution < 1.29 is 4.79 Å². The van der Waals surface area contributed by atoms with Gasteiger partial charge in [0.15, 0.2) is 5.16 Å². The zero-order valence-corrected chi connectivity index (χ0v) is 12.8. The van der Waals surface area contributed by atoms with Crippen molar-refractivity contribution in [1.82, 2.24) is 15.3 Å². The number of hydrogen-bond donors (Lipinski definition) is 1. The first-order chi connectivity index (χ1) is 10.2. The smallest absolute Gasteiger partial charge is 0.230 e. The van der Waals surface area contributed by atoms with Crippen molar-refractivity contribution >= 4 is 17.7 Å². The molecule has 0 fully saturated rings. The highest BCUT2D eigenvalue weighted by molar-refractivity contribution is 7.99. The molecule has 21 heavy (non-hydrogen) atoms. The van der Waals surface area contributed by atoms with E-state index >= 15 is 0 Å². The Morgan fingerprint density at radius 1 is 1.19 bits per heavy atom. The Labute approximate surface area is 129 Å². The molecule has 1 aromatic carbocycles. The van der Waals surface area contributed by atoms with Gasteiger partial charge in [-0.05, 0) is 31.4 Å². The van der Waals surface area contributed by atoms with Crippen LogP contribution in [0, 0.1) is 0 Å². The topological polar surface area (TPSA) is 54.9 Å². The third kappa shape index (κ3) is 5.95. The number of nitrogens with zero attached hydrogens (tertiary/aromatic N) is 2. The SMILES string of the molecule is CC(CCc1ccccc1)NC(=O)CSc1ncccn1. The van der Waals surface area contributed by atoms with Gasteiger partial charge in [-0.1, -0.05) is 42.1 Å². The van der Waals surface area contributed by atoms with Crippen molar-refractivity contribution in [3.8, 4) is 0 Å². The predicted molar refractivity (Wildman–Crippen MR) is 85.1 cm³/mol. The Morgan fingerprint density at radius 3 is 2.62 bits per heavy atom. The quantitative estimate of drug-likeness (QED) is 0.631. The standard InChI is InChI=1S/C16H19N3OS/c1-13(8-9-14-6-3-2-4-7-14)19-15(20)12-21-16-17-10-5-11-18-16/h2-7,10-11,13H,8-9,12H2,1H3,(H,19,20). The Morgan fingerprint density at radius 2 is 1.90 bits per heavy atom. The van der Waals surface area contributed by atoms with Gasteiger partial charge in [0, 0.05) is 18.4 Å². The van der Waals surface area contributed by atoms with Crippen molar-refractivity contribution in [2.75, 3.05) is 5.75 Å². The van der Waals surface area contributed by atoms with Gasteiger partial charge < -0.3 is 5.32 Å². The molecule has 0 radical (unpaired) electrons. The minimum atomic E-state index is 0.0213. The molecule has 2 aromatic rings. The molecule has 5 heteroatoms. The third-order valence-electron chi connectivity index (χ3n) is 2.99. The number of aryl methyl sites for hydroxylation is 1. The number of hydrogen-bond acceptors (Lipinski definition) is 4. The van der Waals surface area contributed by atoms with E-state index < -0.39 is 0 Å². The van der Waals surface area contributed by atoms with E-state index in [1.807, 2.05) is 25.1 Å². The van der Waals surface area contributed by atoms with Gasteiger partial charge >= 0.3 is 0 Å². The van der Waals surface area contributed by atoms with E-state index in [2.05, 4.69) is 27.4 Å². The van der Waals surface area contributed by atoms with Gasteiger partial charge in [0.1, 0.15) is 0 Å². The Kier molecular flexibility index (Phi) is 6.22. The van der Waals surface area contributed by atoms with Gasteiger partial charge in [-0.15, -0.1) is 0 Å². The minimum Gasteiger partial charge on any atom is -0.353 e. The molecule has 1 heterocycles. The lowest BCUT2D eigenvalue weighted by Gasteiger charge is -2.13. The molecule has 0 saturated carbocycles. The molecule has 1 atom stereocenters. The second kappa shape index (κ2) is 8.42. The van der Waals surface area contributed by atoms with Crippen LogP contribution >= 0.6 is 11.8 Å². The lowest BCUT2D eigenvalue weighted by molar-refractivity contribution is -0.119. The number of benzene rings is 1. The van der Waals surface area contributed by atoms with Gasteiger partial charge in [-0.2, -0.15) is 0 Å². The van der Waals surface area contributed by atoms with E-state index in [-0.39, 0.29) is 11.9 Å². The highest BCUT2D eigenvalue weighted by Gasteiger charge is 2.08. The van der Waals surface area contributed by atoms with E-state index in [0.717, 1.165) is 12.8 Å². The molecule has 1 N–H and O–H groups in total. The molecule has 0 aliphatic carbocycles. The summed E-state index contributed by atoms with van der Waals surface area (Å²) in [6.07, 6.45) is 5.25. The summed E-state index contributed by atoms with van der Waals surface area (Å²) in [4.78, 5) is 20.0. The third-order valence-corrected chi connectivity index (χ3v) is 3.87. The number of thioether (sulfide) groups is 1. The molecular formula is C16H19N3OS. The fourth-order valence-corrected chi connectivity index (χ4v) is 2.52. The lowest BCUT2D eigenvalue weighted by atomic mass is 10.1. The summed E-state index contributed by atoms with van der Waals surface area (Å²) in [5.41, 5.74) is 1.30. The Hall–Kier alpha value is -1.88. The van der Waals surface area contributed by atoms with E-state index in [4.69, 9.17) is 0 Å². The molecule has 1 unspecified atom stereocenters. The number of nitrogens with one attached hydrogen (secondary N) is 1. The molecule has 1 amide bonds. The van der Waals surface area contributed by atoms with Gasteiger partial charge in [0.25, 0.3) is 0 Å². The molecule has 110 valence electrons. The van der Waals surface area contributed by atoms with E-state index in [9.17, 15) is 4.79 Å². The van der Waals surface area contributed by atoms with Crippen LogP contribution in [-0.2, 0) is 11.2 Å². The van der Waals surface area contributed by atoms with Crippen LogP contribution in [0.1, 0.15) is 18.9 Å². The molecule has 4 nitrogen and oxygen atoms in total. The fraction of sp³-hybridized carbons (Fsp3) is 0.312. The van der Waals surface area contributed by atoms with Crippen LogP contribution in [0.2, 0.25) is 0 Å². The normalized spacial score (nSPS) is 11.9. The second-order valence-electron chi connectivity index (χ2n) is 4.81. The lowest BCUT2D eigenvalue weighted by Crippen LogP contribution is -2.34. The van der Waals surface area contributed by atoms with E-state index in [1.54, 1.807) is 18.5 Å². The summed E-state index contributed by atoms with van der Waals surface area (Å²) in [5.74, 6) is 0.368. The summed E-state index contributed by atoms with van der Waals surface area (Å²) in [5, 5.41) is 3.63. The van der Waals surface area contributed by atoms with E-state index in [1.165, 1.54) is 17.3 Å². The summed E-state index contributed by atoms with van der Waals surface area (Å²) in [6.45, 7) is 2.03. The monoisotopic (exact) mass is 301 g/mol. The largest absolute Gasteiger partial charge is 0.353 e. The fourth-order valence-electron chi connectivity index (χ4n) is 1.91. The van der Waals surface area contributed by atoms with Crippen LogP contribution in [0.25, 0.3) is 0 Å². The van der Waals surface area contributed by atoms with Gasteiger partial charge in [-0.3, -0.25) is 4.79 Å². The zero-order chi connectivity index (χ0) is 14.9. The van der Waals surface area contributed by atoms with Crippen LogP contribution in [-0.4, -0.2) is 27.7 Å². The first-order valence-corrected chi connectivity index (χ1v) is 7.95. The van der Waals surface area contributed by atoms with E-state index in [0.29, 0.717) is 10.9 Å². The Bertz CT molecular complexity index is 548. The maximum Gasteiger partial charge on any atom is 0.230 e. The van der Waals surface area contributed by atoms with Gasteiger partial charge in [0.05, 0.1) is 5.75 Å². The van der Waals surface area contributed by atoms with Crippen molar-refractivity contribution in [3.63, 3.8) is 0 Å². The molecule has 0 saturated heterocycles. The summed E-state index contributed by atoms with van der Waals surface area (Å²) in [7, 11) is 0. The molecule has 2 rings (SSSR count). The predicted octanol–water partition coefficient (Wildman–Crippen LogP) is 2.71. The minimum absolute atomic E-state index is 0.0213. The van der Waals surface area contributed by atoms with Crippen molar-refractivity contribution in [2.45, 2.75) is 31.0 Å². The van der Waals surface area contributed by atoms with Crippen LogP contribution in [0.3, 0.4) is 0 Å². The van der Waals surface area contributed by atoms with Crippen LogP contribution in [0.5, 0.6) is 0 Å². The average Bonchev–Trinajstić information content (AvgIpc) is 2.53. The highest BCUT2D eigenvalue weighted by Crippen LogP contribution is 2.10. The molecular weight excluding hydrogens is 282 g/mol. The van der Waals surface area contributed by atoms with Crippen LogP contribution < -0.4 is 5.32 Å². The molecule has 0 aliphatic rings. The van der Waals surface area contributed by atoms with Crippen molar-refractivity contribution in [1.29, 1.82) is 0 Å². The number of carbonyl (C=O) groups excluding carboxylic acids is 1. The maximum absolute atomic E-state index is 11.9. The van der Waals surface area contributed by atoms with Gasteiger partial charge in [-0.25, -0.2) is 9.97 Å². The molecule has 0 spiro atoms. The maximum atomic E-state index is 11.9. The van der Waals surface area contributed by atoms with Crippen LogP contribution in [0.4, 0.5) is 0 Å². The highest BCUT2D eigenvalue weighted by atomic mass is 32.2. The second-order valence-corrected chi connectivity index (χ2v) is 5.76. The summed E-state index contributed by atoms with van der Waals surface area (Å²) < 4.78 is 0. The first kappa shape index (κ1) is 15.5. The summed E-state index contributed by atoms with van der Waals surface area (Å²) in [6, 6.07) is 12.2. The first-order valence-electron chi connectivity index (χ1n) is 6.97. The molecule has 0 aliphatic heterocycles. The average molecular weight is 301 g/mol. The summed E-state index contributed by atoms with van der Waals surface area (Å²) >= 11 is 1.35. The van der Waals surface area contributed by atoms with Crippen molar-refractivity contribution in [2.24, 2.45) is 0 Å². The number of rotatable bonds is 7. The zero-order valence-electron chi connectivity index (χ0n) is 12.0.